The van der Waals surface area contributed by atoms with E-state index in [-0.39, 0.29) is 11.9 Å². The Morgan fingerprint density at radius 3 is 2.78 bits per heavy atom. The molecule has 7 nitrogen and oxygen atoms in total. The first kappa shape index (κ1) is 18.7. The first-order valence-electron chi connectivity index (χ1n) is 8.85. The molecule has 0 atom stereocenters. The lowest BCUT2D eigenvalue weighted by Gasteiger charge is -2.15. The van der Waals surface area contributed by atoms with Crippen LogP contribution in [0.4, 0.5) is 16.2 Å². The number of fused-ring (bicyclic) bond motifs is 1. The van der Waals surface area contributed by atoms with E-state index in [0.29, 0.717) is 18.8 Å². The molecule has 27 heavy (non-hydrogen) atoms. The standard InChI is InChI=1S/C20H24N4O3/c1-12-10-21-17(13(2)19(12)27-4)11-22-20(26)23-16-5-6-18-15(9-16)7-8-24(18)14(3)25/h5-6,9-10H,7-8,11H2,1-4H3,(H2,22,23,26). The normalized spacial score (nSPS) is 12.5. The zero-order valence-electron chi connectivity index (χ0n) is 16.0. The average Bonchev–Trinajstić information content (AvgIpc) is 3.05. The van der Waals surface area contributed by atoms with Crippen LogP contribution in [0.15, 0.2) is 24.4 Å². The maximum atomic E-state index is 12.2. The second-order valence-electron chi connectivity index (χ2n) is 6.62. The van der Waals surface area contributed by atoms with E-state index >= 15 is 0 Å². The Morgan fingerprint density at radius 2 is 2.07 bits per heavy atom. The summed E-state index contributed by atoms with van der Waals surface area (Å²) in [5.74, 6) is 0.819. The van der Waals surface area contributed by atoms with Gasteiger partial charge >= 0.3 is 6.03 Å². The molecule has 2 heterocycles. The van der Waals surface area contributed by atoms with Crippen molar-refractivity contribution in [2.75, 3.05) is 23.9 Å². The number of hydrogen-bond donors (Lipinski definition) is 2. The van der Waals surface area contributed by atoms with Gasteiger partial charge in [-0.2, -0.15) is 0 Å². The van der Waals surface area contributed by atoms with Gasteiger partial charge in [-0.05, 0) is 44.0 Å². The molecule has 7 heteroatoms. The van der Waals surface area contributed by atoms with Gasteiger partial charge in [-0.1, -0.05) is 0 Å². The lowest BCUT2D eigenvalue weighted by Crippen LogP contribution is -2.29. The van der Waals surface area contributed by atoms with E-state index in [1.165, 1.54) is 0 Å². The van der Waals surface area contributed by atoms with Crippen LogP contribution in [0.5, 0.6) is 5.75 Å². The molecular weight excluding hydrogens is 344 g/mol. The Morgan fingerprint density at radius 1 is 1.30 bits per heavy atom. The van der Waals surface area contributed by atoms with Crippen LogP contribution < -0.4 is 20.3 Å². The predicted molar refractivity (Wildman–Crippen MR) is 104 cm³/mol. The van der Waals surface area contributed by atoms with Gasteiger partial charge in [0.1, 0.15) is 5.75 Å². The zero-order valence-corrected chi connectivity index (χ0v) is 16.0. The molecular formula is C20H24N4O3. The fourth-order valence-corrected chi connectivity index (χ4v) is 3.40. The fraction of sp³-hybridized carbons (Fsp3) is 0.350. The highest BCUT2D eigenvalue weighted by atomic mass is 16.5. The summed E-state index contributed by atoms with van der Waals surface area (Å²) in [4.78, 5) is 30.0. The van der Waals surface area contributed by atoms with Gasteiger partial charge in [0.2, 0.25) is 5.91 Å². The second-order valence-corrected chi connectivity index (χ2v) is 6.62. The highest BCUT2D eigenvalue weighted by Crippen LogP contribution is 2.30. The number of aromatic nitrogens is 1. The number of benzene rings is 1. The number of methoxy groups -OCH3 is 1. The van der Waals surface area contributed by atoms with Crippen molar-refractivity contribution in [3.8, 4) is 5.75 Å². The smallest absolute Gasteiger partial charge is 0.319 e. The molecule has 0 aliphatic carbocycles. The minimum absolute atomic E-state index is 0.0311. The third kappa shape index (κ3) is 3.86. The Hall–Kier alpha value is -3.09. The number of anilines is 2. The number of ether oxygens (including phenoxy) is 1. The summed E-state index contributed by atoms with van der Waals surface area (Å²) < 4.78 is 5.39. The molecule has 1 aliphatic rings. The number of nitrogens with one attached hydrogen (secondary N) is 2. The van der Waals surface area contributed by atoms with Gasteiger partial charge in [0.25, 0.3) is 0 Å². The number of urea groups is 1. The van der Waals surface area contributed by atoms with Gasteiger partial charge in [0, 0.05) is 42.2 Å². The molecule has 2 aromatic rings. The Balaban J connectivity index is 1.63. The summed E-state index contributed by atoms with van der Waals surface area (Å²) >= 11 is 0. The summed E-state index contributed by atoms with van der Waals surface area (Å²) in [6.07, 6.45) is 2.53. The molecule has 0 fully saturated rings. The van der Waals surface area contributed by atoms with Crippen LogP contribution in [0.25, 0.3) is 0 Å². The zero-order chi connectivity index (χ0) is 19.6. The summed E-state index contributed by atoms with van der Waals surface area (Å²) in [5.41, 5.74) is 5.31. The molecule has 3 amide bonds. The Bertz CT molecular complexity index is 895. The van der Waals surface area contributed by atoms with Crippen LogP contribution in [0.1, 0.15) is 29.3 Å². The van der Waals surface area contributed by atoms with Crippen LogP contribution in [0, 0.1) is 13.8 Å². The Labute approximate surface area is 158 Å². The molecule has 1 aromatic carbocycles. The summed E-state index contributed by atoms with van der Waals surface area (Å²) in [6.45, 7) is 6.40. The summed E-state index contributed by atoms with van der Waals surface area (Å²) in [6, 6.07) is 5.28. The van der Waals surface area contributed by atoms with Gasteiger partial charge in [-0.15, -0.1) is 0 Å². The first-order valence-corrected chi connectivity index (χ1v) is 8.85. The molecule has 0 bridgehead atoms. The molecule has 142 valence electrons. The topological polar surface area (TPSA) is 83.6 Å². The molecule has 2 N–H and O–H groups in total. The molecule has 0 spiro atoms. The summed E-state index contributed by atoms with van der Waals surface area (Å²) in [5, 5.41) is 5.65. The van der Waals surface area contributed by atoms with Gasteiger partial charge in [0.05, 0.1) is 19.3 Å². The lowest BCUT2D eigenvalue weighted by molar-refractivity contribution is -0.116. The van der Waals surface area contributed by atoms with E-state index in [1.54, 1.807) is 31.2 Å². The van der Waals surface area contributed by atoms with Crippen molar-refractivity contribution in [1.29, 1.82) is 0 Å². The fourth-order valence-electron chi connectivity index (χ4n) is 3.40. The van der Waals surface area contributed by atoms with E-state index in [4.69, 9.17) is 4.74 Å². The van der Waals surface area contributed by atoms with Crippen LogP contribution in [-0.4, -0.2) is 30.6 Å². The number of aryl methyl sites for hydroxylation is 1. The van der Waals surface area contributed by atoms with E-state index in [1.807, 2.05) is 26.0 Å². The largest absolute Gasteiger partial charge is 0.496 e. The first-order chi connectivity index (χ1) is 12.9. The van der Waals surface area contributed by atoms with Gasteiger partial charge in [-0.25, -0.2) is 4.79 Å². The second kappa shape index (κ2) is 7.65. The van der Waals surface area contributed by atoms with E-state index in [0.717, 1.165) is 40.2 Å². The SMILES string of the molecule is COc1c(C)cnc(CNC(=O)Nc2ccc3c(c2)CCN3C(C)=O)c1C. The number of carbonyl (C=O) groups is 2. The van der Waals surface area contributed by atoms with E-state index < -0.39 is 0 Å². The van der Waals surface area contributed by atoms with Crippen LogP contribution >= 0.6 is 0 Å². The molecule has 0 radical (unpaired) electrons. The molecule has 3 rings (SSSR count). The van der Waals surface area contributed by atoms with Crippen molar-refractivity contribution < 1.29 is 14.3 Å². The quantitative estimate of drug-likeness (QED) is 0.869. The number of rotatable bonds is 4. The Kier molecular flexibility index (Phi) is 5.30. The van der Waals surface area contributed by atoms with Crippen LogP contribution in [0.2, 0.25) is 0 Å². The van der Waals surface area contributed by atoms with Gasteiger partial charge in [0.15, 0.2) is 0 Å². The van der Waals surface area contributed by atoms with Crippen molar-refractivity contribution in [2.24, 2.45) is 0 Å². The molecule has 1 aromatic heterocycles. The van der Waals surface area contributed by atoms with Crippen molar-refractivity contribution in [1.82, 2.24) is 10.3 Å². The molecule has 1 aliphatic heterocycles. The lowest BCUT2D eigenvalue weighted by atomic mass is 10.1. The third-order valence-electron chi connectivity index (χ3n) is 4.78. The monoisotopic (exact) mass is 368 g/mol. The number of carbonyl (C=O) groups excluding carboxylic acids is 2. The number of nitrogens with zero attached hydrogens (tertiary/aromatic N) is 2. The number of hydrogen-bond acceptors (Lipinski definition) is 4. The maximum absolute atomic E-state index is 12.2. The highest BCUT2D eigenvalue weighted by Gasteiger charge is 2.22. The molecule has 0 saturated carbocycles. The van der Waals surface area contributed by atoms with Crippen LogP contribution in [-0.2, 0) is 17.8 Å². The van der Waals surface area contributed by atoms with E-state index in [2.05, 4.69) is 15.6 Å². The van der Waals surface area contributed by atoms with Crippen molar-refractivity contribution in [3.63, 3.8) is 0 Å². The van der Waals surface area contributed by atoms with E-state index in [9.17, 15) is 9.59 Å². The predicted octanol–water partition coefficient (Wildman–Crippen LogP) is 2.94. The van der Waals surface area contributed by atoms with Gasteiger partial charge < -0.3 is 20.3 Å². The minimum Gasteiger partial charge on any atom is -0.496 e. The number of pyridine rings is 1. The minimum atomic E-state index is -0.308. The van der Waals surface area contributed by atoms with Crippen molar-refractivity contribution >= 4 is 23.3 Å². The van der Waals surface area contributed by atoms with Crippen LogP contribution in [0.3, 0.4) is 0 Å². The molecule has 0 saturated heterocycles. The van der Waals surface area contributed by atoms with Crippen molar-refractivity contribution in [3.05, 3.63) is 46.8 Å². The highest BCUT2D eigenvalue weighted by molar-refractivity contribution is 5.95. The average molecular weight is 368 g/mol. The summed E-state index contributed by atoms with van der Waals surface area (Å²) in [7, 11) is 1.63. The third-order valence-corrected chi connectivity index (χ3v) is 4.78. The number of amides is 3. The maximum Gasteiger partial charge on any atom is 0.319 e. The van der Waals surface area contributed by atoms with Gasteiger partial charge in [-0.3, -0.25) is 9.78 Å². The van der Waals surface area contributed by atoms with Crippen molar-refractivity contribution in [2.45, 2.75) is 33.7 Å². The molecule has 0 unspecified atom stereocenters.